The van der Waals surface area contributed by atoms with Crippen LogP contribution in [0.3, 0.4) is 0 Å². The molecule has 196 valence electrons. The molecule has 2 saturated heterocycles. The Hall–Kier alpha value is -3.17. The Morgan fingerprint density at radius 1 is 1.16 bits per heavy atom. The normalized spacial score (nSPS) is 26.3. The molecule has 1 aromatic carbocycles. The van der Waals surface area contributed by atoms with Crippen molar-refractivity contribution in [3.8, 4) is 16.9 Å². The molecular formula is C28H36N6O3. The summed E-state index contributed by atoms with van der Waals surface area (Å²) in [6, 6.07) is 8.38. The van der Waals surface area contributed by atoms with Crippen LogP contribution in [0, 0.1) is 5.92 Å². The molecule has 1 saturated carbocycles. The van der Waals surface area contributed by atoms with Crippen LogP contribution >= 0.6 is 0 Å². The van der Waals surface area contributed by atoms with E-state index in [-0.39, 0.29) is 18.1 Å². The average molecular weight is 505 g/mol. The molecule has 2 aromatic heterocycles. The highest BCUT2D eigenvalue weighted by Gasteiger charge is 2.37. The third kappa shape index (κ3) is 4.90. The first-order valence-corrected chi connectivity index (χ1v) is 13.6. The number of rotatable bonds is 8. The Kier molecular flexibility index (Phi) is 6.73. The summed E-state index contributed by atoms with van der Waals surface area (Å²) in [5.41, 5.74) is 14.9. The second kappa shape index (κ2) is 10.3. The van der Waals surface area contributed by atoms with Gasteiger partial charge in [-0.1, -0.05) is 12.1 Å². The fourth-order valence-electron chi connectivity index (χ4n) is 6.26. The number of hydrogen-bond donors (Lipinski definition) is 2. The van der Waals surface area contributed by atoms with E-state index in [2.05, 4.69) is 37.8 Å². The number of nitrogens with two attached hydrogens (primary N) is 2. The van der Waals surface area contributed by atoms with Gasteiger partial charge in [0.25, 0.3) is 0 Å². The largest absolute Gasteiger partial charge is 0.491 e. The zero-order valence-electron chi connectivity index (χ0n) is 21.2. The topological polar surface area (TPSA) is 122 Å². The van der Waals surface area contributed by atoms with Crippen LogP contribution in [0.4, 0.5) is 5.82 Å². The van der Waals surface area contributed by atoms with E-state index < -0.39 is 0 Å². The highest BCUT2D eigenvalue weighted by molar-refractivity contribution is 6.00. The van der Waals surface area contributed by atoms with Crippen molar-refractivity contribution in [3.63, 3.8) is 0 Å². The molecular weight excluding hydrogens is 468 g/mol. The summed E-state index contributed by atoms with van der Waals surface area (Å²) < 4.78 is 14.2. The molecule has 0 radical (unpaired) electrons. The molecule has 9 heteroatoms. The molecule has 3 fully saturated rings. The Bertz CT molecular complexity index is 1260. The van der Waals surface area contributed by atoms with Crippen molar-refractivity contribution in [2.24, 2.45) is 11.7 Å². The van der Waals surface area contributed by atoms with Gasteiger partial charge in [-0.15, -0.1) is 0 Å². The lowest BCUT2D eigenvalue weighted by Crippen LogP contribution is -2.44. The fourth-order valence-corrected chi connectivity index (χ4v) is 6.26. The summed E-state index contributed by atoms with van der Waals surface area (Å²) >= 11 is 0. The number of benzene rings is 1. The van der Waals surface area contributed by atoms with Gasteiger partial charge < -0.3 is 25.5 Å². The van der Waals surface area contributed by atoms with E-state index in [1.54, 1.807) is 6.33 Å². The van der Waals surface area contributed by atoms with Crippen LogP contribution in [-0.2, 0) is 9.53 Å². The van der Waals surface area contributed by atoms with Crippen LogP contribution in [0.1, 0.15) is 51.0 Å². The molecule has 0 spiro atoms. The molecule has 2 aliphatic heterocycles. The minimum atomic E-state index is -0.195. The minimum Gasteiger partial charge on any atom is -0.491 e. The van der Waals surface area contributed by atoms with E-state index in [0.717, 1.165) is 86.1 Å². The third-order valence-electron chi connectivity index (χ3n) is 8.28. The number of hydrogen-bond acceptors (Lipinski definition) is 7. The van der Waals surface area contributed by atoms with Crippen LogP contribution in [0.15, 0.2) is 36.8 Å². The summed E-state index contributed by atoms with van der Waals surface area (Å²) in [5, 5.41) is 0.882. The molecule has 1 aliphatic carbocycles. The first-order chi connectivity index (χ1) is 18.1. The number of anilines is 1. The van der Waals surface area contributed by atoms with Crippen LogP contribution in [0.2, 0.25) is 0 Å². The molecule has 3 aromatic rings. The second-order valence-electron chi connectivity index (χ2n) is 10.8. The van der Waals surface area contributed by atoms with Crippen molar-refractivity contribution in [1.82, 2.24) is 19.4 Å². The maximum absolute atomic E-state index is 11.8. The number of carbonyl (C=O) groups excluding carboxylic acids is 1. The van der Waals surface area contributed by atoms with E-state index in [4.69, 9.17) is 20.9 Å². The zero-order chi connectivity index (χ0) is 25.4. The molecule has 4 heterocycles. The predicted molar refractivity (Wildman–Crippen MR) is 142 cm³/mol. The lowest BCUT2D eigenvalue weighted by molar-refractivity contribution is -0.122. The SMILES string of the molecule is NC(=O)[C@@H]1CCCN1CC1CC(n2cc(-c3cccc(OC[C@@H]4CCCCO4)c3)c3c(N)ncnc32)C1. The van der Waals surface area contributed by atoms with Gasteiger partial charge in [0.1, 0.15) is 30.1 Å². The van der Waals surface area contributed by atoms with Crippen LogP contribution < -0.4 is 16.2 Å². The number of likely N-dealkylation sites (tertiary alicyclic amines) is 1. The molecule has 0 unspecified atom stereocenters. The van der Waals surface area contributed by atoms with Crippen molar-refractivity contribution in [3.05, 3.63) is 36.8 Å². The van der Waals surface area contributed by atoms with Gasteiger partial charge in [0.15, 0.2) is 0 Å². The first kappa shape index (κ1) is 24.2. The molecule has 3 aliphatic rings. The van der Waals surface area contributed by atoms with E-state index in [1.165, 1.54) is 6.42 Å². The van der Waals surface area contributed by atoms with Gasteiger partial charge in [0.2, 0.25) is 5.91 Å². The van der Waals surface area contributed by atoms with Crippen molar-refractivity contribution < 1.29 is 14.3 Å². The van der Waals surface area contributed by atoms with E-state index in [0.29, 0.717) is 24.4 Å². The average Bonchev–Trinajstić information content (AvgIpc) is 3.51. The Morgan fingerprint density at radius 2 is 2.05 bits per heavy atom. The molecule has 1 amide bonds. The monoisotopic (exact) mass is 504 g/mol. The number of carbonyl (C=O) groups is 1. The number of nitrogens with zero attached hydrogens (tertiary/aromatic N) is 4. The molecule has 37 heavy (non-hydrogen) atoms. The molecule has 4 N–H and O–H groups in total. The smallest absolute Gasteiger partial charge is 0.234 e. The lowest BCUT2D eigenvalue weighted by atomic mass is 9.79. The highest BCUT2D eigenvalue weighted by Crippen LogP contribution is 2.44. The summed E-state index contributed by atoms with van der Waals surface area (Å²) in [7, 11) is 0. The van der Waals surface area contributed by atoms with E-state index >= 15 is 0 Å². The molecule has 2 atom stereocenters. The quantitative estimate of drug-likeness (QED) is 0.481. The number of fused-ring (bicyclic) bond motifs is 1. The Labute approximate surface area is 217 Å². The maximum atomic E-state index is 11.8. The number of ether oxygens (including phenoxy) is 2. The van der Waals surface area contributed by atoms with Crippen molar-refractivity contribution >= 4 is 22.8 Å². The molecule has 9 nitrogen and oxygen atoms in total. The Balaban J connectivity index is 1.20. The van der Waals surface area contributed by atoms with Gasteiger partial charge in [0.05, 0.1) is 17.5 Å². The Morgan fingerprint density at radius 3 is 2.86 bits per heavy atom. The van der Waals surface area contributed by atoms with Crippen molar-refractivity contribution in [2.75, 3.05) is 32.0 Å². The van der Waals surface area contributed by atoms with Crippen LogP contribution in [0.25, 0.3) is 22.2 Å². The summed E-state index contributed by atoms with van der Waals surface area (Å²) in [6.07, 6.45) is 11.2. The predicted octanol–water partition coefficient (Wildman–Crippen LogP) is 3.53. The van der Waals surface area contributed by atoms with Gasteiger partial charge in [-0.3, -0.25) is 9.69 Å². The number of amides is 1. The fraction of sp³-hybridized carbons (Fsp3) is 0.536. The number of nitrogen functional groups attached to an aromatic ring is 1. The zero-order valence-corrected chi connectivity index (χ0v) is 21.2. The van der Waals surface area contributed by atoms with Crippen LogP contribution in [-0.4, -0.2) is 63.8 Å². The second-order valence-corrected chi connectivity index (χ2v) is 10.8. The van der Waals surface area contributed by atoms with Gasteiger partial charge in [0, 0.05) is 31.0 Å². The van der Waals surface area contributed by atoms with E-state index in [1.807, 2.05) is 12.1 Å². The third-order valence-corrected chi connectivity index (χ3v) is 8.28. The maximum Gasteiger partial charge on any atom is 0.234 e. The minimum absolute atomic E-state index is 0.107. The summed E-state index contributed by atoms with van der Waals surface area (Å²) in [5.74, 6) is 1.65. The number of primary amides is 1. The molecule has 0 bridgehead atoms. The lowest BCUT2D eigenvalue weighted by Gasteiger charge is -2.39. The van der Waals surface area contributed by atoms with Gasteiger partial charge in [-0.25, -0.2) is 9.97 Å². The van der Waals surface area contributed by atoms with Gasteiger partial charge in [-0.05, 0) is 75.1 Å². The van der Waals surface area contributed by atoms with Gasteiger partial charge >= 0.3 is 0 Å². The standard InChI is InChI=1S/C28H36N6O3/c29-26-25-23(19-5-3-7-21(13-19)37-16-22-6-1-2-10-36-22)15-34(28(25)32-17-31-26)20-11-18(12-20)14-33-9-4-8-24(33)27(30)35/h3,5,7,13,15,17-18,20,22,24H,1-2,4,6,8-12,14,16H2,(H2,30,35)(H2,29,31,32)/t18?,20?,22-,24-/m0/s1. The van der Waals surface area contributed by atoms with Crippen LogP contribution in [0.5, 0.6) is 5.75 Å². The van der Waals surface area contributed by atoms with Crippen molar-refractivity contribution in [2.45, 2.75) is 63.1 Å². The number of aromatic nitrogens is 3. The summed E-state index contributed by atoms with van der Waals surface area (Å²) in [4.78, 5) is 23.0. The van der Waals surface area contributed by atoms with Crippen molar-refractivity contribution in [1.29, 1.82) is 0 Å². The summed E-state index contributed by atoms with van der Waals surface area (Å²) in [6.45, 7) is 3.27. The molecule has 6 rings (SSSR count). The van der Waals surface area contributed by atoms with Gasteiger partial charge in [-0.2, -0.15) is 0 Å². The first-order valence-electron chi connectivity index (χ1n) is 13.6. The van der Waals surface area contributed by atoms with E-state index in [9.17, 15) is 4.79 Å². The highest BCUT2D eigenvalue weighted by atomic mass is 16.5.